The fraction of sp³-hybridized carbons (Fsp3) is 0. The summed E-state index contributed by atoms with van der Waals surface area (Å²) in [6.07, 6.45) is 1.06. The van der Waals surface area contributed by atoms with Crippen molar-refractivity contribution in [2.45, 2.75) is 9.92 Å². The molecule has 17 heavy (non-hydrogen) atoms. The molecule has 1 aromatic heterocycles. The minimum absolute atomic E-state index is 0.154. The van der Waals surface area contributed by atoms with Gasteiger partial charge in [0, 0.05) is 4.90 Å². The first-order valence-electron chi connectivity index (χ1n) is 4.62. The van der Waals surface area contributed by atoms with Crippen molar-refractivity contribution in [1.29, 1.82) is 0 Å². The normalized spacial score (nSPS) is 10.3. The number of hydrazine groups is 1. The molecule has 88 valence electrons. The summed E-state index contributed by atoms with van der Waals surface area (Å²) < 4.78 is 13.5. The first kappa shape index (κ1) is 12.1. The Morgan fingerprint density at radius 3 is 2.82 bits per heavy atom. The largest absolute Gasteiger partial charge is 0.292 e. The van der Waals surface area contributed by atoms with Gasteiger partial charge in [-0.15, -0.1) is 0 Å². The van der Waals surface area contributed by atoms with Crippen molar-refractivity contribution in [1.82, 2.24) is 9.97 Å². The van der Waals surface area contributed by atoms with Crippen LogP contribution in [-0.2, 0) is 0 Å². The van der Waals surface area contributed by atoms with Crippen LogP contribution in [0.1, 0.15) is 0 Å². The van der Waals surface area contributed by atoms with E-state index < -0.39 is 5.82 Å². The van der Waals surface area contributed by atoms with Crippen molar-refractivity contribution in [2.75, 3.05) is 5.43 Å². The van der Waals surface area contributed by atoms with Gasteiger partial charge < -0.3 is 0 Å². The maximum absolute atomic E-state index is 13.5. The van der Waals surface area contributed by atoms with E-state index in [1.807, 2.05) is 6.07 Å². The van der Waals surface area contributed by atoms with Crippen LogP contribution in [0.5, 0.6) is 0 Å². The molecule has 0 atom stereocenters. The van der Waals surface area contributed by atoms with Crippen LogP contribution < -0.4 is 11.3 Å². The molecule has 0 fully saturated rings. The highest BCUT2D eigenvalue weighted by Gasteiger charge is 2.10. The lowest BCUT2D eigenvalue weighted by Crippen LogP contribution is -2.11. The maximum atomic E-state index is 13.5. The molecule has 0 unspecified atom stereocenters. The van der Waals surface area contributed by atoms with E-state index in [9.17, 15) is 4.39 Å². The number of nitrogens with one attached hydrogen (secondary N) is 1. The number of hydrogen-bond acceptors (Lipinski definition) is 5. The predicted molar refractivity (Wildman–Crippen MR) is 65.4 cm³/mol. The molecule has 0 aliphatic rings. The fourth-order valence-corrected chi connectivity index (χ4v) is 2.18. The van der Waals surface area contributed by atoms with Crippen molar-refractivity contribution in [3.63, 3.8) is 0 Å². The smallest absolute Gasteiger partial charge is 0.238 e. The van der Waals surface area contributed by atoms with Gasteiger partial charge in [0.1, 0.15) is 5.03 Å². The Morgan fingerprint density at radius 2 is 2.12 bits per heavy atom. The van der Waals surface area contributed by atoms with Crippen LogP contribution in [0.15, 0.2) is 40.4 Å². The third kappa shape index (κ3) is 2.85. The number of benzene rings is 1. The van der Waals surface area contributed by atoms with Crippen LogP contribution >= 0.6 is 23.4 Å². The minimum atomic E-state index is -0.520. The zero-order chi connectivity index (χ0) is 12.3. The van der Waals surface area contributed by atoms with Gasteiger partial charge in [-0.2, -0.15) is 0 Å². The Labute approximate surface area is 106 Å². The zero-order valence-electron chi connectivity index (χ0n) is 8.52. The van der Waals surface area contributed by atoms with Crippen LogP contribution in [0.3, 0.4) is 0 Å². The van der Waals surface area contributed by atoms with Crippen molar-refractivity contribution in [3.8, 4) is 0 Å². The Hall–Kier alpha value is -1.37. The molecule has 1 aromatic carbocycles. The summed E-state index contributed by atoms with van der Waals surface area (Å²) in [4.78, 5) is 8.28. The van der Waals surface area contributed by atoms with Gasteiger partial charge >= 0.3 is 0 Å². The summed E-state index contributed by atoms with van der Waals surface area (Å²) in [5.74, 6) is 4.79. The summed E-state index contributed by atoms with van der Waals surface area (Å²) in [5, 5.41) is 0.707. The van der Waals surface area contributed by atoms with Gasteiger partial charge in [-0.3, -0.25) is 5.43 Å². The number of halogens is 2. The molecule has 0 radical (unpaired) electrons. The van der Waals surface area contributed by atoms with Gasteiger partial charge in [0.05, 0.1) is 11.2 Å². The number of anilines is 1. The molecule has 0 amide bonds. The molecular formula is C10H8ClFN4S. The molecule has 0 saturated carbocycles. The topological polar surface area (TPSA) is 63.8 Å². The highest BCUT2D eigenvalue weighted by atomic mass is 35.5. The fourth-order valence-electron chi connectivity index (χ4n) is 1.12. The summed E-state index contributed by atoms with van der Waals surface area (Å²) in [5.41, 5.74) is 2.26. The van der Waals surface area contributed by atoms with Gasteiger partial charge in [-0.25, -0.2) is 20.2 Å². The standard InChI is InChI=1S/C10H8ClFN4S/c11-6-3-1-2-4-8(6)17-9-7(12)5-14-10(15-9)16-13/h1-5H,13H2,(H,14,15,16). The SMILES string of the molecule is NNc1ncc(F)c(Sc2ccccc2Cl)n1. The van der Waals surface area contributed by atoms with E-state index in [-0.39, 0.29) is 11.0 Å². The quantitative estimate of drug-likeness (QED) is 0.510. The molecule has 3 N–H and O–H groups in total. The Morgan fingerprint density at radius 1 is 1.35 bits per heavy atom. The lowest BCUT2D eigenvalue weighted by Gasteiger charge is -2.05. The summed E-state index contributed by atoms with van der Waals surface area (Å²) in [6.45, 7) is 0. The van der Waals surface area contributed by atoms with Gasteiger partial charge in [0.15, 0.2) is 5.82 Å². The molecule has 0 saturated heterocycles. The number of rotatable bonds is 3. The molecule has 4 nitrogen and oxygen atoms in total. The second-order valence-corrected chi connectivity index (χ2v) is 4.46. The zero-order valence-corrected chi connectivity index (χ0v) is 10.1. The minimum Gasteiger partial charge on any atom is -0.292 e. The summed E-state index contributed by atoms with van der Waals surface area (Å²) in [6, 6.07) is 7.13. The molecule has 0 spiro atoms. The first-order chi connectivity index (χ1) is 8.20. The van der Waals surface area contributed by atoms with E-state index in [0.717, 1.165) is 22.9 Å². The van der Waals surface area contributed by atoms with E-state index in [0.29, 0.717) is 5.02 Å². The molecule has 0 aliphatic heterocycles. The van der Waals surface area contributed by atoms with Crippen molar-refractivity contribution >= 4 is 29.3 Å². The highest BCUT2D eigenvalue weighted by Crippen LogP contribution is 2.33. The average Bonchev–Trinajstić information content (AvgIpc) is 2.35. The van der Waals surface area contributed by atoms with E-state index >= 15 is 0 Å². The van der Waals surface area contributed by atoms with Gasteiger partial charge in [-0.1, -0.05) is 35.5 Å². The lowest BCUT2D eigenvalue weighted by atomic mass is 10.4. The van der Waals surface area contributed by atoms with Gasteiger partial charge in [-0.05, 0) is 12.1 Å². The number of nitrogens with two attached hydrogens (primary N) is 1. The Balaban J connectivity index is 2.32. The molecule has 7 heteroatoms. The highest BCUT2D eigenvalue weighted by molar-refractivity contribution is 7.99. The molecule has 1 heterocycles. The van der Waals surface area contributed by atoms with E-state index in [4.69, 9.17) is 17.4 Å². The number of aromatic nitrogens is 2. The molecule has 0 aliphatic carbocycles. The second kappa shape index (κ2) is 5.31. The first-order valence-corrected chi connectivity index (χ1v) is 5.81. The maximum Gasteiger partial charge on any atom is 0.238 e. The van der Waals surface area contributed by atoms with Crippen LogP contribution in [0.2, 0.25) is 5.02 Å². The van der Waals surface area contributed by atoms with Crippen LogP contribution in [0, 0.1) is 5.82 Å². The van der Waals surface area contributed by atoms with E-state index in [1.165, 1.54) is 0 Å². The Bertz CT molecular complexity index is 537. The molecule has 0 bridgehead atoms. The number of nitrogen functional groups attached to an aromatic ring is 1. The van der Waals surface area contributed by atoms with Crippen molar-refractivity contribution in [3.05, 3.63) is 41.3 Å². The number of nitrogens with zero attached hydrogens (tertiary/aromatic N) is 2. The van der Waals surface area contributed by atoms with Gasteiger partial charge in [0.25, 0.3) is 0 Å². The third-order valence-corrected chi connectivity index (χ3v) is 3.38. The lowest BCUT2D eigenvalue weighted by molar-refractivity contribution is 0.580. The summed E-state index contributed by atoms with van der Waals surface area (Å²) >= 11 is 7.09. The second-order valence-electron chi connectivity index (χ2n) is 3.02. The molecular weight excluding hydrogens is 263 g/mol. The van der Waals surface area contributed by atoms with Crippen LogP contribution in [-0.4, -0.2) is 9.97 Å². The van der Waals surface area contributed by atoms with Gasteiger partial charge in [0.2, 0.25) is 5.95 Å². The molecule has 2 aromatic rings. The van der Waals surface area contributed by atoms with Crippen LogP contribution in [0.25, 0.3) is 0 Å². The number of hydrogen-bond donors (Lipinski definition) is 2. The van der Waals surface area contributed by atoms with E-state index in [2.05, 4.69) is 15.4 Å². The van der Waals surface area contributed by atoms with E-state index in [1.54, 1.807) is 18.2 Å². The summed E-state index contributed by atoms with van der Waals surface area (Å²) in [7, 11) is 0. The monoisotopic (exact) mass is 270 g/mol. The van der Waals surface area contributed by atoms with Crippen LogP contribution in [0.4, 0.5) is 10.3 Å². The van der Waals surface area contributed by atoms with Crippen molar-refractivity contribution in [2.24, 2.45) is 5.84 Å². The Kier molecular flexibility index (Phi) is 3.78. The molecule has 2 rings (SSSR count). The predicted octanol–water partition coefficient (Wildman–Crippen LogP) is 2.71. The third-order valence-electron chi connectivity index (χ3n) is 1.88. The van der Waals surface area contributed by atoms with Crippen molar-refractivity contribution < 1.29 is 4.39 Å². The average molecular weight is 271 g/mol.